The van der Waals surface area contributed by atoms with Crippen LogP contribution in [-0.4, -0.2) is 52.3 Å². The fourth-order valence-electron chi connectivity index (χ4n) is 3.85. The summed E-state index contributed by atoms with van der Waals surface area (Å²) in [7, 11) is 1.60. The molecule has 1 amide bonds. The molecule has 0 spiro atoms. The zero-order chi connectivity index (χ0) is 18.3. The lowest BCUT2D eigenvalue weighted by atomic mass is 9.92. The van der Waals surface area contributed by atoms with Crippen LogP contribution >= 0.6 is 0 Å². The summed E-state index contributed by atoms with van der Waals surface area (Å²) in [4.78, 5) is 26.3. The van der Waals surface area contributed by atoms with Crippen LogP contribution in [-0.2, 0) is 4.79 Å². The number of methoxy groups -OCH3 is 1. The number of hydrogen-bond donors (Lipinski definition) is 2. The number of rotatable bonds is 5. The maximum absolute atomic E-state index is 13.0. The third kappa shape index (κ3) is 2.94. The Bertz CT molecular complexity index is 826. The molecule has 1 aliphatic heterocycles. The van der Waals surface area contributed by atoms with Crippen molar-refractivity contribution < 1.29 is 19.4 Å². The number of aromatic amines is 1. The first kappa shape index (κ1) is 16.6. The Kier molecular flexibility index (Phi) is 4.14. The average molecular weight is 355 g/mol. The van der Waals surface area contributed by atoms with Gasteiger partial charge in [0.15, 0.2) is 0 Å². The minimum atomic E-state index is -0.806. The van der Waals surface area contributed by atoms with Crippen LogP contribution in [0.3, 0.4) is 0 Å². The first-order valence-corrected chi connectivity index (χ1v) is 8.78. The second kappa shape index (κ2) is 6.48. The van der Waals surface area contributed by atoms with Gasteiger partial charge >= 0.3 is 5.97 Å². The molecule has 1 saturated carbocycles. The monoisotopic (exact) mass is 355 g/mol. The van der Waals surface area contributed by atoms with Crippen molar-refractivity contribution in [2.45, 2.75) is 12.8 Å². The molecule has 2 heterocycles. The van der Waals surface area contributed by atoms with Crippen LogP contribution in [0.25, 0.3) is 11.3 Å². The van der Waals surface area contributed by atoms with E-state index in [-0.39, 0.29) is 18.4 Å². The smallest absolute Gasteiger partial charge is 0.308 e. The molecular formula is C19H21N3O4. The van der Waals surface area contributed by atoms with Gasteiger partial charge in [-0.05, 0) is 48.9 Å². The maximum Gasteiger partial charge on any atom is 0.308 e. The Morgan fingerprint density at radius 1 is 1.23 bits per heavy atom. The molecule has 2 aromatic rings. The lowest BCUT2D eigenvalue weighted by Crippen LogP contribution is -2.30. The second-order valence-corrected chi connectivity index (χ2v) is 7.04. The van der Waals surface area contributed by atoms with E-state index in [1.807, 2.05) is 24.3 Å². The van der Waals surface area contributed by atoms with Crippen molar-refractivity contribution in [2.75, 3.05) is 20.2 Å². The quantitative estimate of drug-likeness (QED) is 0.858. The topological polar surface area (TPSA) is 95.5 Å². The number of benzene rings is 1. The van der Waals surface area contributed by atoms with Crippen molar-refractivity contribution in [3.8, 4) is 17.0 Å². The highest BCUT2D eigenvalue weighted by molar-refractivity contribution is 6.00. The number of H-pyrrole nitrogens is 1. The second-order valence-electron chi connectivity index (χ2n) is 7.04. The van der Waals surface area contributed by atoms with Crippen LogP contribution in [0.2, 0.25) is 0 Å². The summed E-state index contributed by atoms with van der Waals surface area (Å²) in [5.74, 6) is -0.203. The minimum Gasteiger partial charge on any atom is -0.497 e. The molecule has 1 aliphatic carbocycles. The van der Waals surface area contributed by atoms with Crippen LogP contribution < -0.4 is 4.74 Å². The van der Waals surface area contributed by atoms with Gasteiger partial charge in [-0.3, -0.25) is 14.7 Å². The van der Waals surface area contributed by atoms with Crippen LogP contribution in [0.5, 0.6) is 5.75 Å². The van der Waals surface area contributed by atoms with Crippen molar-refractivity contribution >= 4 is 11.9 Å². The molecule has 2 fully saturated rings. The van der Waals surface area contributed by atoms with Crippen LogP contribution in [0.4, 0.5) is 0 Å². The van der Waals surface area contributed by atoms with E-state index < -0.39 is 11.9 Å². The third-order valence-electron chi connectivity index (χ3n) is 5.45. The van der Waals surface area contributed by atoms with Gasteiger partial charge in [0.05, 0.1) is 30.5 Å². The Morgan fingerprint density at radius 2 is 1.96 bits per heavy atom. The highest BCUT2D eigenvalue weighted by atomic mass is 16.5. The molecule has 7 nitrogen and oxygen atoms in total. The van der Waals surface area contributed by atoms with Gasteiger partial charge in [-0.15, -0.1) is 0 Å². The van der Waals surface area contributed by atoms with E-state index in [1.165, 1.54) is 6.20 Å². The average Bonchev–Trinajstić information content (AvgIpc) is 3.21. The first-order chi connectivity index (χ1) is 12.6. The number of carbonyl (C=O) groups is 2. The molecule has 2 aliphatic rings. The molecule has 0 radical (unpaired) electrons. The fourth-order valence-corrected chi connectivity index (χ4v) is 3.85. The van der Waals surface area contributed by atoms with Gasteiger partial charge in [0.1, 0.15) is 5.75 Å². The molecule has 1 saturated heterocycles. The largest absolute Gasteiger partial charge is 0.497 e. The van der Waals surface area contributed by atoms with Crippen LogP contribution in [0.15, 0.2) is 30.5 Å². The van der Waals surface area contributed by atoms with Crippen LogP contribution in [0.1, 0.15) is 23.2 Å². The Balaban J connectivity index is 1.57. The first-order valence-electron chi connectivity index (χ1n) is 8.78. The molecule has 2 atom stereocenters. The summed E-state index contributed by atoms with van der Waals surface area (Å²) in [6.07, 6.45) is 3.65. The molecular weight excluding hydrogens is 334 g/mol. The van der Waals surface area contributed by atoms with Crippen molar-refractivity contribution in [1.29, 1.82) is 0 Å². The minimum absolute atomic E-state index is 0.0628. The van der Waals surface area contributed by atoms with Gasteiger partial charge in [0.25, 0.3) is 5.91 Å². The summed E-state index contributed by atoms with van der Waals surface area (Å²) in [5.41, 5.74) is 1.94. The lowest BCUT2D eigenvalue weighted by molar-refractivity contribution is -0.142. The van der Waals surface area contributed by atoms with Crippen molar-refractivity contribution in [1.82, 2.24) is 15.1 Å². The lowest BCUT2D eigenvalue weighted by Gasteiger charge is -2.16. The van der Waals surface area contributed by atoms with Gasteiger partial charge in [-0.25, -0.2) is 0 Å². The molecule has 7 heteroatoms. The van der Waals surface area contributed by atoms with Gasteiger partial charge in [0, 0.05) is 18.7 Å². The third-order valence-corrected chi connectivity index (χ3v) is 5.45. The number of ether oxygens (including phenoxy) is 1. The molecule has 136 valence electrons. The molecule has 26 heavy (non-hydrogen) atoms. The number of carbonyl (C=O) groups excluding carboxylic acids is 1. The van der Waals surface area contributed by atoms with Gasteiger partial charge in [-0.2, -0.15) is 5.10 Å². The highest BCUT2D eigenvalue weighted by Gasteiger charge is 2.47. The number of likely N-dealkylation sites (tertiary alicyclic amines) is 1. The number of aliphatic carboxylic acids is 1. The molecule has 0 bridgehead atoms. The summed E-state index contributed by atoms with van der Waals surface area (Å²) < 4.78 is 5.16. The zero-order valence-corrected chi connectivity index (χ0v) is 14.5. The fraction of sp³-hybridized carbons (Fsp3) is 0.421. The summed E-state index contributed by atoms with van der Waals surface area (Å²) in [5, 5.41) is 16.4. The van der Waals surface area contributed by atoms with Gasteiger partial charge < -0.3 is 14.7 Å². The maximum atomic E-state index is 13.0. The Hall–Kier alpha value is -2.83. The summed E-state index contributed by atoms with van der Waals surface area (Å²) in [6.45, 7) is 0.774. The number of carboxylic acids is 1. The van der Waals surface area contributed by atoms with E-state index >= 15 is 0 Å². The molecule has 1 aromatic carbocycles. The standard InChI is InChI=1S/C19H21N3O4/c1-26-13-6-4-12(5-7-13)17-14(8-20-21-17)18(23)22-9-15(11-2-3-11)16(10-22)19(24)25/h4-8,11,15-16H,2-3,9-10H2,1H3,(H,20,21)(H,24,25)/t15-,16+/m1/s1. The van der Waals surface area contributed by atoms with Crippen LogP contribution in [0, 0.1) is 17.8 Å². The van der Waals surface area contributed by atoms with Crippen molar-refractivity contribution in [3.05, 3.63) is 36.0 Å². The van der Waals surface area contributed by atoms with E-state index in [4.69, 9.17) is 4.74 Å². The number of hydrogen-bond acceptors (Lipinski definition) is 4. The highest BCUT2D eigenvalue weighted by Crippen LogP contribution is 2.44. The van der Waals surface area contributed by atoms with E-state index in [9.17, 15) is 14.7 Å². The molecule has 1 aromatic heterocycles. The number of aromatic nitrogens is 2. The Morgan fingerprint density at radius 3 is 2.58 bits per heavy atom. The normalized spacial score (nSPS) is 22.4. The van der Waals surface area contributed by atoms with E-state index in [0.29, 0.717) is 23.7 Å². The summed E-state index contributed by atoms with van der Waals surface area (Å²) in [6, 6.07) is 7.37. The number of nitrogens with zero attached hydrogens (tertiary/aromatic N) is 2. The van der Waals surface area contributed by atoms with Crippen molar-refractivity contribution in [2.24, 2.45) is 17.8 Å². The Labute approximate surface area is 151 Å². The van der Waals surface area contributed by atoms with Gasteiger partial charge in [-0.1, -0.05) is 0 Å². The molecule has 4 rings (SSSR count). The predicted octanol–water partition coefficient (Wildman–Crippen LogP) is 2.27. The van der Waals surface area contributed by atoms with E-state index in [2.05, 4.69) is 10.2 Å². The summed E-state index contributed by atoms with van der Waals surface area (Å²) >= 11 is 0. The molecule has 0 unspecified atom stereocenters. The van der Waals surface area contributed by atoms with Gasteiger partial charge in [0.2, 0.25) is 0 Å². The predicted molar refractivity (Wildman–Crippen MR) is 93.8 cm³/mol. The van der Waals surface area contributed by atoms with E-state index in [0.717, 1.165) is 24.2 Å². The number of nitrogens with one attached hydrogen (secondary N) is 1. The van der Waals surface area contributed by atoms with Crippen molar-refractivity contribution in [3.63, 3.8) is 0 Å². The number of amides is 1. The SMILES string of the molecule is COc1ccc(-c2[nH]ncc2C(=O)N2C[C@H](C(=O)O)[C@@H](C3CC3)C2)cc1. The zero-order valence-electron chi connectivity index (χ0n) is 14.5. The van der Waals surface area contributed by atoms with E-state index in [1.54, 1.807) is 12.0 Å². The molecule has 2 N–H and O–H groups in total. The number of carboxylic acid groups (broad SMARTS) is 1.